The van der Waals surface area contributed by atoms with E-state index < -0.39 is 0 Å². The third kappa shape index (κ3) is 21.9. The summed E-state index contributed by atoms with van der Waals surface area (Å²) in [7, 11) is 0. The van der Waals surface area contributed by atoms with Gasteiger partial charge in [0.25, 0.3) is 0 Å². The lowest BCUT2D eigenvalue weighted by atomic mass is 10.1. The normalized spacial score (nSPS) is 5.90. The van der Waals surface area contributed by atoms with E-state index in [1.54, 1.807) is 0 Å². The quantitative estimate of drug-likeness (QED) is 0.513. The van der Waals surface area contributed by atoms with Crippen LogP contribution in [-0.2, 0) is 0 Å². The van der Waals surface area contributed by atoms with Gasteiger partial charge in [-0.1, -0.05) is 119 Å². The first-order chi connectivity index (χ1) is 9.88. The van der Waals surface area contributed by atoms with E-state index in [2.05, 4.69) is 13.2 Å². The van der Waals surface area contributed by atoms with E-state index in [0.717, 1.165) is 11.1 Å². The molecule has 0 saturated heterocycles. The molecule has 0 aliphatic carbocycles. The zero-order chi connectivity index (χ0) is 17.4. The first kappa shape index (κ1) is 31.2. The lowest BCUT2D eigenvalue weighted by Crippen LogP contribution is -1.76. The number of hydrogen-bond donors (Lipinski definition) is 0. The molecule has 0 fully saturated rings. The van der Waals surface area contributed by atoms with Crippen LogP contribution in [0.2, 0.25) is 0 Å². The van der Waals surface area contributed by atoms with Crippen molar-refractivity contribution in [3.63, 3.8) is 0 Å². The summed E-state index contributed by atoms with van der Waals surface area (Å²) in [6.45, 7) is 27.4. The van der Waals surface area contributed by atoms with Crippen molar-refractivity contribution in [1.82, 2.24) is 0 Å². The Balaban J connectivity index is -0.0000000639. The van der Waals surface area contributed by atoms with Gasteiger partial charge in [0.2, 0.25) is 0 Å². The standard InChI is InChI=1S/C10H10.5C2H6/c1-3-9-7-5-6-8-10(9)4-2;5*1-2/h3-8H,1-2H2;5*1-2H3. The van der Waals surface area contributed by atoms with Crippen molar-refractivity contribution in [3.8, 4) is 0 Å². The third-order valence-corrected chi connectivity index (χ3v) is 1.44. The van der Waals surface area contributed by atoms with Crippen LogP contribution in [-0.4, -0.2) is 0 Å². The van der Waals surface area contributed by atoms with Crippen molar-refractivity contribution >= 4 is 12.2 Å². The topological polar surface area (TPSA) is 0 Å². The molecule has 0 unspecified atom stereocenters. The maximum atomic E-state index is 3.69. The van der Waals surface area contributed by atoms with Crippen LogP contribution in [0.1, 0.15) is 80.4 Å². The molecule has 0 heteroatoms. The predicted octanol–water partition coefficient (Wildman–Crippen LogP) is 8.10. The van der Waals surface area contributed by atoms with Crippen molar-refractivity contribution in [3.05, 3.63) is 48.6 Å². The highest BCUT2D eigenvalue weighted by Gasteiger charge is 1.89. The van der Waals surface area contributed by atoms with Crippen LogP contribution in [0.5, 0.6) is 0 Å². The lowest BCUT2D eigenvalue weighted by molar-refractivity contribution is 1.50. The monoisotopic (exact) mass is 280 g/mol. The maximum Gasteiger partial charge on any atom is -0.0190 e. The SMILES string of the molecule is C=Cc1ccccc1C=C.CC.CC.CC.CC.CC. The average molecular weight is 281 g/mol. The van der Waals surface area contributed by atoms with E-state index in [0.29, 0.717) is 0 Å². The van der Waals surface area contributed by atoms with Crippen LogP contribution in [0.25, 0.3) is 12.2 Å². The van der Waals surface area contributed by atoms with Gasteiger partial charge in [-0.15, -0.1) is 0 Å². The molecule has 1 aromatic rings. The van der Waals surface area contributed by atoms with Crippen LogP contribution >= 0.6 is 0 Å². The van der Waals surface area contributed by atoms with E-state index >= 15 is 0 Å². The summed E-state index contributed by atoms with van der Waals surface area (Å²) in [5.74, 6) is 0. The molecule has 0 atom stereocenters. The maximum absolute atomic E-state index is 3.69. The summed E-state index contributed by atoms with van der Waals surface area (Å²) >= 11 is 0. The lowest BCUT2D eigenvalue weighted by Gasteiger charge is -1.96. The summed E-state index contributed by atoms with van der Waals surface area (Å²) in [4.78, 5) is 0. The van der Waals surface area contributed by atoms with Gasteiger partial charge in [0.15, 0.2) is 0 Å². The van der Waals surface area contributed by atoms with Gasteiger partial charge in [-0.25, -0.2) is 0 Å². The Morgan fingerprint density at radius 1 is 0.550 bits per heavy atom. The highest BCUT2D eigenvalue weighted by Crippen LogP contribution is 2.10. The molecule has 0 amide bonds. The average Bonchev–Trinajstić information content (AvgIpc) is 2.63. The summed E-state index contributed by atoms with van der Waals surface area (Å²) < 4.78 is 0. The second-order valence-corrected chi connectivity index (χ2v) is 2.04. The Morgan fingerprint density at radius 3 is 0.900 bits per heavy atom. The molecule has 0 aliphatic rings. The second kappa shape index (κ2) is 43.1. The molecule has 0 spiro atoms. The second-order valence-electron chi connectivity index (χ2n) is 2.04. The molecule has 0 aliphatic heterocycles. The van der Waals surface area contributed by atoms with Crippen molar-refractivity contribution < 1.29 is 0 Å². The minimum Gasteiger partial charge on any atom is -0.0984 e. The third-order valence-electron chi connectivity index (χ3n) is 1.44. The fraction of sp³-hybridized carbons (Fsp3) is 0.500. The Morgan fingerprint density at radius 2 is 0.750 bits per heavy atom. The van der Waals surface area contributed by atoms with Crippen molar-refractivity contribution in [1.29, 1.82) is 0 Å². The Bertz CT molecular complexity index is 219. The van der Waals surface area contributed by atoms with E-state index in [4.69, 9.17) is 0 Å². The van der Waals surface area contributed by atoms with Crippen molar-refractivity contribution in [2.75, 3.05) is 0 Å². The minimum absolute atomic E-state index is 1.14. The van der Waals surface area contributed by atoms with Gasteiger partial charge in [-0.05, 0) is 11.1 Å². The molecule has 0 radical (unpaired) electrons. The van der Waals surface area contributed by atoms with E-state index in [1.807, 2.05) is 106 Å². The van der Waals surface area contributed by atoms with E-state index in [9.17, 15) is 0 Å². The molecule has 0 bridgehead atoms. The van der Waals surface area contributed by atoms with Gasteiger partial charge in [-0.3, -0.25) is 0 Å². The van der Waals surface area contributed by atoms with Crippen molar-refractivity contribution in [2.45, 2.75) is 69.2 Å². The molecule has 0 heterocycles. The van der Waals surface area contributed by atoms with Gasteiger partial charge in [0.05, 0.1) is 0 Å². The first-order valence-corrected chi connectivity index (χ1v) is 8.22. The van der Waals surface area contributed by atoms with Crippen LogP contribution < -0.4 is 0 Å². The van der Waals surface area contributed by atoms with Crippen molar-refractivity contribution in [2.24, 2.45) is 0 Å². The van der Waals surface area contributed by atoms with Crippen LogP contribution in [0.3, 0.4) is 0 Å². The van der Waals surface area contributed by atoms with Gasteiger partial charge in [0.1, 0.15) is 0 Å². The summed E-state index contributed by atoms with van der Waals surface area (Å²) in [6.07, 6.45) is 3.66. The molecular formula is C20H40. The van der Waals surface area contributed by atoms with E-state index in [1.165, 1.54) is 0 Å². The van der Waals surface area contributed by atoms with Crippen LogP contribution in [0.4, 0.5) is 0 Å². The van der Waals surface area contributed by atoms with Gasteiger partial charge < -0.3 is 0 Å². The zero-order valence-corrected chi connectivity index (χ0v) is 15.9. The summed E-state index contributed by atoms with van der Waals surface area (Å²) in [5, 5.41) is 0. The highest BCUT2D eigenvalue weighted by molar-refractivity contribution is 5.63. The molecule has 0 saturated carbocycles. The summed E-state index contributed by atoms with van der Waals surface area (Å²) in [6, 6.07) is 8.02. The molecular weight excluding hydrogens is 240 g/mol. The van der Waals surface area contributed by atoms with E-state index in [-0.39, 0.29) is 0 Å². The molecule has 0 N–H and O–H groups in total. The minimum atomic E-state index is 1.14. The Hall–Kier alpha value is -1.30. The zero-order valence-electron chi connectivity index (χ0n) is 15.9. The first-order valence-electron chi connectivity index (χ1n) is 8.22. The number of benzene rings is 1. The highest BCUT2D eigenvalue weighted by atomic mass is 13.9. The van der Waals surface area contributed by atoms with Gasteiger partial charge in [0, 0.05) is 0 Å². The fourth-order valence-electron chi connectivity index (χ4n) is 0.883. The Labute approximate surface area is 130 Å². The Kier molecular flexibility index (Phi) is 67.3. The smallest absolute Gasteiger partial charge is 0.0190 e. The van der Waals surface area contributed by atoms with Gasteiger partial charge in [-0.2, -0.15) is 0 Å². The molecule has 1 aromatic carbocycles. The molecule has 0 nitrogen and oxygen atoms in total. The molecule has 1 rings (SSSR count). The van der Waals surface area contributed by atoms with Crippen LogP contribution in [0.15, 0.2) is 37.4 Å². The summed E-state index contributed by atoms with van der Waals surface area (Å²) in [5.41, 5.74) is 2.27. The molecule has 0 aromatic heterocycles. The number of hydrogen-bond acceptors (Lipinski definition) is 0. The number of rotatable bonds is 2. The fourth-order valence-corrected chi connectivity index (χ4v) is 0.883. The molecule has 120 valence electrons. The molecule has 20 heavy (non-hydrogen) atoms. The predicted molar refractivity (Wildman–Crippen MR) is 103 cm³/mol. The van der Waals surface area contributed by atoms with Gasteiger partial charge >= 0.3 is 0 Å². The van der Waals surface area contributed by atoms with Crippen LogP contribution in [0, 0.1) is 0 Å². The largest absolute Gasteiger partial charge is 0.0984 e.